The van der Waals surface area contributed by atoms with Crippen LogP contribution in [0.15, 0.2) is 24.3 Å². The smallest absolute Gasteiger partial charge is 0.0718 e. The van der Waals surface area contributed by atoms with Crippen molar-refractivity contribution < 1.29 is 14.2 Å². The quantitative estimate of drug-likeness (QED) is 0.527. The van der Waals surface area contributed by atoms with Gasteiger partial charge in [-0.05, 0) is 24.1 Å². The summed E-state index contributed by atoms with van der Waals surface area (Å²) >= 11 is 0. The number of ether oxygens (including phenoxy) is 3. The van der Waals surface area contributed by atoms with Gasteiger partial charge in [-0.25, -0.2) is 0 Å². The molecule has 1 aromatic carbocycles. The molecule has 0 radical (unpaired) electrons. The first kappa shape index (κ1) is 14.0. The van der Waals surface area contributed by atoms with Gasteiger partial charge in [-0.1, -0.05) is 12.1 Å². The second kappa shape index (κ2) is 8.98. The lowest BCUT2D eigenvalue weighted by atomic mass is 10.2. The van der Waals surface area contributed by atoms with Gasteiger partial charge < -0.3 is 19.9 Å². The predicted molar refractivity (Wildman–Crippen MR) is 67.8 cm³/mol. The van der Waals surface area contributed by atoms with Crippen LogP contribution in [0.25, 0.3) is 0 Å². The Morgan fingerprint density at radius 1 is 0.941 bits per heavy atom. The Bertz CT molecular complexity index is 287. The molecule has 1 rings (SSSR count). The zero-order chi connectivity index (χ0) is 12.3. The third-order valence-electron chi connectivity index (χ3n) is 2.26. The fraction of sp³-hybridized carbons (Fsp3) is 0.538. The monoisotopic (exact) mass is 239 g/mol. The summed E-state index contributed by atoms with van der Waals surface area (Å²) in [5, 5.41) is 0. The van der Waals surface area contributed by atoms with Gasteiger partial charge in [0.2, 0.25) is 0 Å². The highest BCUT2D eigenvalue weighted by atomic mass is 16.5. The Morgan fingerprint density at radius 3 is 2.35 bits per heavy atom. The second-order valence-corrected chi connectivity index (χ2v) is 3.75. The summed E-state index contributed by atoms with van der Waals surface area (Å²) in [6.45, 7) is 3.29. The van der Waals surface area contributed by atoms with E-state index in [0.29, 0.717) is 19.8 Å². The van der Waals surface area contributed by atoms with E-state index in [-0.39, 0.29) is 0 Å². The first-order valence-electron chi connectivity index (χ1n) is 5.82. The molecular formula is C13H21NO3. The molecule has 0 saturated heterocycles. The van der Waals surface area contributed by atoms with Crippen LogP contribution in [0.1, 0.15) is 12.0 Å². The van der Waals surface area contributed by atoms with Crippen molar-refractivity contribution in [2.24, 2.45) is 0 Å². The molecule has 0 saturated carbocycles. The molecule has 0 heterocycles. The van der Waals surface area contributed by atoms with Crippen LogP contribution < -0.4 is 5.73 Å². The third-order valence-corrected chi connectivity index (χ3v) is 2.26. The normalized spacial score (nSPS) is 10.6. The van der Waals surface area contributed by atoms with Crippen LogP contribution in [-0.2, 0) is 20.8 Å². The van der Waals surface area contributed by atoms with Crippen molar-refractivity contribution in [1.29, 1.82) is 0 Å². The van der Waals surface area contributed by atoms with Gasteiger partial charge in [-0.3, -0.25) is 0 Å². The maximum atomic E-state index is 5.59. The molecule has 2 N–H and O–H groups in total. The maximum absolute atomic E-state index is 5.59. The van der Waals surface area contributed by atoms with Gasteiger partial charge in [0.05, 0.1) is 19.8 Å². The number of benzene rings is 1. The van der Waals surface area contributed by atoms with Crippen LogP contribution in [0.4, 0.5) is 5.69 Å². The minimum Gasteiger partial charge on any atom is -0.399 e. The average Bonchev–Trinajstić information content (AvgIpc) is 2.35. The van der Waals surface area contributed by atoms with E-state index in [0.717, 1.165) is 30.9 Å². The molecule has 0 bridgehead atoms. The van der Waals surface area contributed by atoms with Crippen molar-refractivity contribution in [3.05, 3.63) is 29.8 Å². The zero-order valence-corrected chi connectivity index (χ0v) is 10.4. The summed E-state index contributed by atoms with van der Waals surface area (Å²) in [6.07, 6.45) is 0.925. The van der Waals surface area contributed by atoms with Crippen LogP contribution in [0.3, 0.4) is 0 Å². The summed E-state index contributed by atoms with van der Waals surface area (Å²) in [6, 6.07) is 7.68. The molecule has 0 aliphatic heterocycles. The van der Waals surface area contributed by atoms with E-state index in [4.69, 9.17) is 19.9 Å². The Kier molecular flexibility index (Phi) is 7.38. The van der Waals surface area contributed by atoms with Crippen molar-refractivity contribution in [3.63, 3.8) is 0 Å². The number of nitrogen functional groups attached to an aromatic ring is 1. The topological polar surface area (TPSA) is 53.7 Å². The Morgan fingerprint density at radius 2 is 1.65 bits per heavy atom. The van der Waals surface area contributed by atoms with Gasteiger partial charge in [-0.15, -0.1) is 0 Å². The first-order valence-corrected chi connectivity index (χ1v) is 5.82. The summed E-state index contributed by atoms with van der Waals surface area (Å²) in [5.41, 5.74) is 7.49. The van der Waals surface area contributed by atoms with Gasteiger partial charge in [0.15, 0.2) is 0 Å². The van der Waals surface area contributed by atoms with Gasteiger partial charge in [0.1, 0.15) is 0 Å². The molecule has 0 aliphatic carbocycles. The predicted octanol–water partition coefficient (Wildman–Crippen LogP) is 1.84. The number of hydrogen-bond donors (Lipinski definition) is 1. The van der Waals surface area contributed by atoms with Crippen LogP contribution >= 0.6 is 0 Å². The molecule has 96 valence electrons. The highest BCUT2D eigenvalue weighted by Crippen LogP contribution is 2.06. The number of methoxy groups -OCH3 is 1. The van der Waals surface area contributed by atoms with Crippen molar-refractivity contribution in [2.75, 3.05) is 39.3 Å². The Balaban J connectivity index is 1.95. The van der Waals surface area contributed by atoms with E-state index in [9.17, 15) is 0 Å². The van der Waals surface area contributed by atoms with Crippen molar-refractivity contribution >= 4 is 5.69 Å². The zero-order valence-electron chi connectivity index (χ0n) is 10.4. The molecule has 0 fully saturated rings. The highest BCUT2D eigenvalue weighted by molar-refractivity contribution is 5.39. The molecule has 0 atom stereocenters. The molecule has 4 nitrogen and oxygen atoms in total. The Labute approximate surface area is 103 Å². The first-order chi connectivity index (χ1) is 8.33. The minimum absolute atomic E-state index is 0.599. The van der Waals surface area contributed by atoms with Crippen LogP contribution in [0, 0.1) is 0 Å². The fourth-order valence-electron chi connectivity index (χ4n) is 1.33. The van der Waals surface area contributed by atoms with Crippen LogP contribution in [0.2, 0.25) is 0 Å². The molecule has 1 aromatic rings. The van der Waals surface area contributed by atoms with Gasteiger partial charge >= 0.3 is 0 Å². The SMILES string of the molecule is COCCCOCCOCc1ccc(N)cc1. The molecule has 0 amide bonds. The lowest BCUT2D eigenvalue weighted by Gasteiger charge is -2.06. The number of nitrogens with two attached hydrogens (primary N) is 1. The Hall–Kier alpha value is -1.10. The van der Waals surface area contributed by atoms with E-state index < -0.39 is 0 Å². The average molecular weight is 239 g/mol. The summed E-state index contributed by atoms with van der Waals surface area (Å²) in [7, 11) is 1.69. The van der Waals surface area contributed by atoms with Crippen LogP contribution in [0.5, 0.6) is 0 Å². The fourth-order valence-corrected chi connectivity index (χ4v) is 1.33. The van der Waals surface area contributed by atoms with E-state index in [1.54, 1.807) is 7.11 Å². The van der Waals surface area contributed by atoms with Gasteiger partial charge in [0, 0.05) is 26.0 Å². The second-order valence-electron chi connectivity index (χ2n) is 3.75. The number of rotatable bonds is 9. The largest absolute Gasteiger partial charge is 0.399 e. The number of hydrogen-bond acceptors (Lipinski definition) is 4. The van der Waals surface area contributed by atoms with Crippen LogP contribution in [-0.4, -0.2) is 33.5 Å². The molecule has 17 heavy (non-hydrogen) atoms. The van der Waals surface area contributed by atoms with E-state index in [1.165, 1.54) is 0 Å². The van der Waals surface area contributed by atoms with Crippen molar-refractivity contribution in [3.8, 4) is 0 Å². The molecule has 0 unspecified atom stereocenters. The molecule has 0 aromatic heterocycles. The van der Waals surface area contributed by atoms with Crippen molar-refractivity contribution in [2.45, 2.75) is 13.0 Å². The third kappa shape index (κ3) is 6.94. The van der Waals surface area contributed by atoms with Gasteiger partial charge in [0.25, 0.3) is 0 Å². The summed E-state index contributed by atoms with van der Waals surface area (Å²) in [5.74, 6) is 0. The molecule has 0 aliphatic rings. The van der Waals surface area contributed by atoms with E-state index >= 15 is 0 Å². The lowest BCUT2D eigenvalue weighted by molar-refractivity contribution is 0.0337. The summed E-state index contributed by atoms with van der Waals surface area (Å²) < 4.78 is 15.8. The standard InChI is InChI=1S/C13H21NO3/c1-15-7-2-8-16-9-10-17-11-12-3-5-13(14)6-4-12/h3-6H,2,7-11,14H2,1H3. The minimum atomic E-state index is 0.599. The molecular weight excluding hydrogens is 218 g/mol. The molecule has 4 heteroatoms. The van der Waals surface area contributed by atoms with E-state index in [2.05, 4.69) is 0 Å². The maximum Gasteiger partial charge on any atom is 0.0718 e. The highest BCUT2D eigenvalue weighted by Gasteiger charge is 1.94. The molecule has 0 spiro atoms. The van der Waals surface area contributed by atoms with Gasteiger partial charge in [-0.2, -0.15) is 0 Å². The lowest BCUT2D eigenvalue weighted by Crippen LogP contribution is -2.06. The summed E-state index contributed by atoms with van der Waals surface area (Å²) in [4.78, 5) is 0. The number of anilines is 1. The van der Waals surface area contributed by atoms with Crippen molar-refractivity contribution in [1.82, 2.24) is 0 Å². The van der Waals surface area contributed by atoms with E-state index in [1.807, 2.05) is 24.3 Å².